The number of halogens is 1. The highest BCUT2D eigenvalue weighted by molar-refractivity contribution is 14.0. The summed E-state index contributed by atoms with van der Waals surface area (Å²) in [4.78, 5) is 16.4. The lowest BCUT2D eigenvalue weighted by atomic mass is 9.95. The lowest BCUT2D eigenvalue weighted by molar-refractivity contribution is -0.120. The molecule has 3 rings (SSSR count). The zero-order chi connectivity index (χ0) is 20.5. The zero-order valence-corrected chi connectivity index (χ0v) is 20.4. The molecule has 1 aromatic carbocycles. The number of nitrogens with one attached hydrogen (secondary N) is 3. The SMILES string of the molecule is CN=C(NCC(=O)NC1CCCCC1)NCc1ccc(C)cc1OC1CCOC1.I. The molecule has 3 N–H and O–H groups in total. The summed E-state index contributed by atoms with van der Waals surface area (Å²) in [5, 5.41) is 9.49. The van der Waals surface area contributed by atoms with Crippen molar-refractivity contribution < 1.29 is 14.3 Å². The van der Waals surface area contributed by atoms with Gasteiger partial charge in [0.1, 0.15) is 11.9 Å². The van der Waals surface area contributed by atoms with Gasteiger partial charge in [-0.2, -0.15) is 0 Å². The van der Waals surface area contributed by atoms with Crippen LogP contribution in [0.2, 0.25) is 0 Å². The Labute approximate surface area is 196 Å². The van der Waals surface area contributed by atoms with Crippen molar-refractivity contribution in [1.82, 2.24) is 16.0 Å². The molecule has 0 spiro atoms. The predicted molar refractivity (Wildman–Crippen MR) is 130 cm³/mol. The number of amides is 1. The highest BCUT2D eigenvalue weighted by Gasteiger charge is 2.19. The summed E-state index contributed by atoms with van der Waals surface area (Å²) in [6.07, 6.45) is 6.88. The van der Waals surface area contributed by atoms with Crippen LogP contribution in [0.4, 0.5) is 0 Å². The Kier molecular flexibility index (Phi) is 10.7. The van der Waals surface area contributed by atoms with Crippen LogP contribution in [0.15, 0.2) is 23.2 Å². The van der Waals surface area contributed by atoms with Crippen LogP contribution < -0.4 is 20.7 Å². The summed E-state index contributed by atoms with van der Waals surface area (Å²) in [7, 11) is 1.71. The minimum Gasteiger partial charge on any atom is -0.488 e. The Hall–Kier alpha value is -1.55. The molecule has 2 aliphatic rings. The minimum atomic E-state index is 0. The van der Waals surface area contributed by atoms with E-state index < -0.39 is 0 Å². The number of aliphatic imine (C=N–C) groups is 1. The maximum Gasteiger partial charge on any atom is 0.239 e. The second-order valence-corrected chi connectivity index (χ2v) is 7.90. The topological polar surface area (TPSA) is 84.0 Å². The van der Waals surface area contributed by atoms with Crippen LogP contribution in [0.3, 0.4) is 0 Å². The quantitative estimate of drug-likeness (QED) is 0.287. The fourth-order valence-corrected chi connectivity index (χ4v) is 3.79. The van der Waals surface area contributed by atoms with Crippen LogP contribution in [0.5, 0.6) is 5.75 Å². The van der Waals surface area contributed by atoms with Gasteiger partial charge in [-0.05, 0) is 31.4 Å². The van der Waals surface area contributed by atoms with Crippen molar-refractivity contribution in [1.29, 1.82) is 0 Å². The van der Waals surface area contributed by atoms with E-state index in [1.54, 1.807) is 7.05 Å². The summed E-state index contributed by atoms with van der Waals surface area (Å²) < 4.78 is 11.6. The lowest BCUT2D eigenvalue weighted by Gasteiger charge is -2.23. The van der Waals surface area contributed by atoms with Crippen LogP contribution in [-0.4, -0.2) is 50.8 Å². The first-order valence-corrected chi connectivity index (χ1v) is 10.7. The van der Waals surface area contributed by atoms with Gasteiger partial charge in [0.15, 0.2) is 5.96 Å². The van der Waals surface area contributed by atoms with Crippen molar-refractivity contribution in [2.75, 3.05) is 26.8 Å². The van der Waals surface area contributed by atoms with Crippen LogP contribution in [-0.2, 0) is 16.1 Å². The number of carbonyl (C=O) groups excluding carboxylic acids is 1. The van der Waals surface area contributed by atoms with Crippen molar-refractivity contribution >= 4 is 35.8 Å². The Morgan fingerprint density at radius 2 is 2.00 bits per heavy atom. The van der Waals surface area contributed by atoms with Crippen molar-refractivity contribution in [3.63, 3.8) is 0 Å². The van der Waals surface area contributed by atoms with E-state index in [-0.39, 0.29) is 42.5 Å². The molecule has 1 atom stereocenters. The molecule has 0 aromatic heterocycles. The van der Waals surface area contributed by atoms with E-state index in [1.165, 1.54) is 19.3 Å². The maximum atomic E-state index is 12.2. The smallest absolute Gasteiger partial charge is 0.239 e. The monoisotopic (exact) mass is 530 g/mol. The van der Waals surface area contributed by atoms with Gasteiger partial charge < -0.3 is 25.4 Å². The first kappa shape index (κ1) is 24.7. The largest absolute Gasteiger partial charge is 0.488 e. The number of hydrogen-bond donors (Lipinski definition) is 3. The molecule has 1 saturated heterocycles. The van der Waals surface area contributed by atoms with E-state index in [2.05, 4.69) is 46.1 Å². The molecule has 1 aliphatic carbocycles. The highest BCUT2D eigenvalue weighted by atomic mass is 127. The van der Waals surface area contributed by atoms with Gasteiger partial charge in [0.25, 0.3) is 0 Å². The van der Waals surface area contributed by atoms with Gasteiger partial charge in [0, 0.05) is 31.6 Å². The van der Waals surface area contributed by atoms with Crippen LogP contribution in [0, 0.1) is 6.92 Å². The Bertz CT molecular complexity index is 702. The maximum absolute atomic E-state index is 12.2. The Morgan fingerprint density at radius 3 is 2.70 bits per heavy atom. The number of carbonyl (C=O) groups is 1. The van der Waals surface area contributed by atoms with Gasteiger partial charge in [-0.3, -0.25) is 9.79 Å². The van der Waals surface area contributed by atoms with Gasteiger partial charge >= 0.3 is 0 Å². The molecule has 30 heavy (non-hydrogen) atoms. The van der Waals surface area contributed by atoms with E-state index in [0.717, 1.165) is 42.7 Å². The molecular weight excluding hydrogens is 495 g/mol. The molecule has 1 aromatic rings. The second-order valence-electron chi connectivity index (χ2n) is 7.90. The number of guanidine groups is 1. The van der Waals surface area contributed by atoms with Crippen molar-refractivity contribution in [2.24, 2.45) is 4.99 Å². The lowest BCUT2D eigenvalue weighted by Crippen LogP contribution is -2.45. The minimum absolute atomic E-state index is 0. The predicted octanol–water partition coefficient (Wildman–Crippen LogP) is 2.89. The molecule has 1 aliphatic heterocycles. The number of ether oxygens (including phenoxy) is 2. The van der Waals surface area contributed by atoms with Crippen molar-refractivity contribution in [3.8, 4) is 5.75 Å². The summed E-state index contributed by atoms with van der Waals surface area (Å²) >= 11 is 0. The number of nitrogens with zero attached hydrogens (tertiary/aromatic N) is 1. The third-order valence-corrected chi connectivity index (χ3v) is 5.46. The van der Waals surface area contributed by atoms with Gasteiger partial charge in [0.2, 0.25) is 5.91 Å². The number of hydrogen-bond acceptors (Lipinski definition) is 4. The molecule has 1 saturated carbocycles. The number of rotatable bonds is 7. The average Bonchev–Trinajstić information content (AvgIpc) is 3.23. The van der Waals surface area contributed by atoms with E-state index in [0.29, 0.717) is 25.2 Å². The number of benzene rings is 1. The van der Waals surface area contributed by atoms with Gasteiger partial charge in [0.05, 0.1) is 19.8 Å². The summed E-state index contributed by atoms with van der Waals surface area (Å²) in [6.45, 7) is 4.23. The van der Waals surface area contributed by atoms with Gasteiger partial charge in [-0.15, -0.1) is 24.0 Å². The molecular formula is C22H35IN4O3. The van der Waals surface area contributed by atoms with E-state index >= 15 is 0 Å². The average molecular weight is 530 g/mol. The van der Waals surface area contributed by atoms with E-state index in [9.17, 15) is 4.79 Å². The Morgan fingerprint density at radius 1 is 1.20 bits per heavy atom. The van der Waals surface area contributed by atoms with Gasteiger partial charge in [-0.25, -0.2) is 0 Å². The summed E-state index contributed by atoms with van der Waals surface area (Å²) in [6, 6.07) is 6.52. The summed E-state index contributed by atoms with van der Waals surface area (Å²) in [5.41, 5.74) is 2.21. The summed E-state index contributed by atoms with van der Waals surface area (Å²) in [5.74, 6) is 1.48. The van der Waals surface area contributed by atoms with E-state index in [4.69, 9.17) is 9.47 Å². The van der Waals surface area contributed by atoms with Gasteiger partial charge in [-0.1, -0.05) is 31.4 Å². The van der Waals surface area contributed by atoms with Crippen molar-refractivity contribution in [3.05, 3.63) is 29.3 Å². The second kappa shape index (κ2) is 13.0. The third kappa shape index (κ3) is 7.94. The molecule has 0 bridgehead atoms. The third-order valence-electron chi connectivity index (χ3n) is 5.46. The Balaban J connectivity index is 0.00000320. The molecule has 1 unspecified atom stereocenters. The molecule has 7 nitrogen and oxygen atoms in total. The first-order chi connectivity index (χ1) is 14.1. The molecule has 1 heterocycles. The highest BCUT2D eigenvalue weighted by Crippen LogP contribution is 2.23. The van der Waals surface area contributed by atoms with Crippen LogP contribution in [0.1, 0.15) is 49.7 Å². The fraction of sp³-hybridized carbons (Fsp3) is 0.636. The van der Waals surface area contributed by atoms with Crippen LogP contribution >= 0.6 is 24.0 Å². The van der Waals surface area contributed by atoms with E-state index in [1.807, 2.05) is 0 Å². The normalized spacial score (nSPS) is 19.7. The standard InChI is InChI=1S/C22H34N4O3.HI/c1-16-8-9-17(20(12-16)29-19-10-11-28-15-19)13-24-22(23-2)25-14-21(27)26-18-6-4-3-5-7-18;/h8-9,12,18-19H,3-7,10-11,13-15H2,1-2H3,(H,26,27)(H2,23,24,25);1H. The first-order valence-electron chi connectivity index (χ1n) is 10.7. The molecule has 1 amide bonds. The van der Waals surface area contributed by atoms with Crippen molar-refractivity contribution in [2.45, 2.75) is 64.1 Å². The molecule has 0 radical (unpaired) electrons. The molecule has 8 heteroatoms. The molecule has 168 valence electrons. The van der Waals surface area contributed by atoms with Crippen LogP contribution in [0.25, 0.3) is 0 Å². The molecule has 2 fully saturated rings. The fourth-order valence-electron chi connectivity index (χ4n) is 3.79. The zero-order valence-electron chi connectivity index (χ0n) is 18.0. The number of aryl methyl sites for hydroxylation is 1.